The molecule has 0 aromatic rings. The summed E-state index contributed by atoms with van der Waals surface area (Å²) in [6.07, 6.45) is 2.83. The second-order valence-corrected chi connectivity index (χ2v) is 2.82. The van der Waals surface area contributed by atoms with Gasteiger partial charge in [-0.2, -0.15) is 0 Å². The molecule has 4 nitrogen and oxygen atoms in total. The van der Waals surface area contributed by atoms with Crippen molar-refractivity contribution in [3.05, 3.63) is 0 Å². The summed E-state index contributed by atoms with van der Waals surface area (Å²) in [5, 5.41) is 5.57. The quantitative estimate of drug-likeness (QED) is 0.472. The topological polar surface area (TPSA) is 67.1 Å². The van der Waals surface area contributed by atoms with Crippen molar-refractivity contribution in [1.82, 2.24) is 10.6 Å². The van der Waals surface area contributed by atoms with Crippen LogP contribution < -0.4 is 16.4 Å². The number of likely N-dealkylation sites (N-methyl/N-ethyl adjacent to an activating group) is 1. The van der Waals surface area contributed by atoms with Crippen molar-refractivity contribution < 1.29 is 4.79 Å². The Kier molecular flexibility index (Phi) is 6.70. The molecule has 0 radical (unpaired) electrons. The number of nitrogens with two attached hydrogens (primary N) is 1. The lowest BCUT2D eigenvalue weighted by atomic mass is 10.1. The molecule has 1 atom stereocenters. The molecule has 4 N–H and O–H groups in total. The molecule has 0 aliphatic heterocycles. The van der Waals surface area contributed by atoms with Gasteiger partial charge in [0, 0.05) is 7.05 Å². The van der Waals surface area contributed by atoms with Gasteiger partial charge in [-0.25, -0.2) is 0 Å². The van der Waals surface area contributed by atoms with E-state index >= 15 is 0 Å². The molecule has 0 aliphatic carbocycles. The molecule has 4 heteroatoms. The van der Waals surface area contributed by atoms with Crippen LogP contribution in [-0.2, 0) is 4.79 Å². The Morgan fingerprint density at radius 3 is 2.58 bits per heavy atom. The van der Waals surface area contributed by atoms with Crippen molar-refractivity contribution in [2.45, 2.75) is 25.3 Å². The Balaban J connectivity index is 3.31. The van der Waals surface area contributed by atoms with E-state index in [9.17, 15) is 4.79 Å². The number of hydrogen-bond donors (Lipinski definition) is 3. The van der Waals surface area contributed by atoms with Crippen molar-refractivity contribution >= 4 is 5.91 Å². The molecule has 12 heavy (non-hydrogen) atoms. The number of carbonyl (C=O) groups is 1. The number of carbonyl (C=O) groups excluding carboxylic acids is 1. The minimum Gasteiger partial charge on any atom is -0.358 e. The molecular weight excluding hydrogens is 154 g/mol. The molecule has 0 bridgehead atoms. The molecule has 0 aliphatic rings. The van der Waals surface area contributed by atoms with Crippen molar-refractivity contribution in [2.75, 3.05) is 20.6 Å². The Morgan fingerprint density at radius 1 is 1.42 bits per heavy atom. The molecule has 0 rings (SSSR count). The maximum atomic E-state index is 10.9. The minimum atomic E-state index is -0.341. The minimum absolute atomic E-state index is 0.0699. The Labute approximate surface area is 73.9 Å². The summed E-state index contributed by atoms with van der Waals surface area (Å²) in [5.41, 5.74) is 5.58. The molecule has 0 spiro atoms. The summed E-state index contributed by atoms with van der Waals surface area (Å²) in [7, 11) is 3.52. The summed E-state index contributed by atoms with van der Waals surface area (Å²) in [6.45, 7) is 0.987. The van der Waals surface area contributed by atoms with Crippen LogP contribution in [0.4, 0.5) is 0 Å². The van der Waals surface area contributed by atoms with E-state index in [4.69, 9.17) is 5.73 Å². The van der Waals surface area contributed by atoms with Crippen molar-refractivity contribution in [2.24, 2.45) is 5.73 Å². The van der Waals surface area contributed by atoms with Crippen molar-refractivity contribution in [3.63, 3.8) is 0 Å². The Bertz CT molecular complexity index is 127. The highest BCUT2D eigenvalue weighted by Gasteiger charge is 2.09. The first-order valence-electron chi connectivity index (χ1n) is 4.34. The Morgan fingerprint density at radius 2 is 2.08 bits per heavy atom. The highest BCUT2D eigenvalue weighted by atomic mass is 16.2. The van der Waals surface area contributed by atoms with Gasteiger partial charge in [0.1, 0.15) is 0 Å². The first kappa shape index (κ1) is 11.4. The van der Waals surface area contributed by atoms with Gasteiger partial charge in [0.2, 0.25) is 5.91 Å². The van der Waals surface area contributed by atoms with Crippen LogP contribution in [0.3, 0.4) is 0 Å². The van der Waals surface area contributed by atoms with Gasteiger partial charge in [-0.3, -0.25) is 4.79 Å². The van der Waals surface area contributed by atoms with Crippen molar-refractivity contribution in [1.29, 1.82) is 0 Å². The third-order valence-corrected chi connectivity index (χ3v) is 1.78. The first-order valence-corrected chi connectivity index (χ1v) is 4.34. The predicted molar refractivity (Wildman–Crippen MR) is 49.8 cm³/mol. The van der Waals surface area contributed by atoms with Gasteiger partial charge in [0.05, 0.1) is 6.04 Å². The SMILES string of the molecule is CNCCCC[C@H](N)C(=O)NC. The van der Waals surface area contributed by atoms with Gasteiger partial charge in [-0.15, -0.1) is 0 Å². The molecule has 1 amide bonds. The summed E-state index contributed by atoms with van der Waals surface area (Å²) < 4.78 is 0. The standard InChI is InChI=1S/C8H19N3O/c1-10-6-4-3-5-7(9)8(12)11-2/h7,10H,3-6,9H2,1-2H3,(H,11,12)/t7-/m0/s1. The average Bonchev–Trinajstić information content (AvgIpc) is 2.10. The predicted octanol–water partition coefficient (Wildman–Crippen LogP) is -0.551. The third-order valence-electron chi connectivity index (χ3n) is 1.78. The molecule has 0 saturated heterocycles. The van der Waals surface area contributed by atoms with Crippen LogP contribution in [0.1, 0.15) is 19.3 Å². The van der Waals surface area contributed by atoms with Gasteiger partial charge in [0.15, 0.2) is 0 Å². The third kappa shape index (κ3) is 5.09. The van der Waals surface area contributed by atoms with E-state index in [2.05, 4.69) is 10.6 Å². The van der Waals surface area contributed by atoms with Gasteiger partial charge in [0.25, 0.3) is 0 Å². The van der Waals surface area contributed by atoms with Crippen LogP contribution in [0.25, 0.3) is 0 Å². The van der Waals surface area contributed by atoms with Crippen molar-refractivity contribution in [3.8, 4) is 0 Å². The van der Waals surface area contributed by atoms with Crippen LogP contribution in [-0.4, -0.2) is 32.6 Å². The summed E-state index contributed by atoms with van der Waals surface area (Å²) >= 11 is 0. The number of hydrogen-bond acceptors (Lipinski definition) is 3. The summed E-state index contributed by atoms with van der Waals surface area (Å²) in [4.78, 5) is 10.9. The van der Waals surface area contributed by atoms with Crippen LogP contribution in [0, 0.1) is 0 Å². The number of nitrogens with one attached hydrogen (secondary N) is 2. The van der Waals surface area contributed by atoms with Gasteiger partial charge >= 0.3 is 0 Å². The molecule has 0 unspecified atom stereocenters. The second-order valence-electron chi connectivity index (χ2n) is 2.82. The molecule has 0 aromatic carbocycles. The highest BCUT2D eigenvalue weighted by molar-refractivity contribution is 5.81. The zero-order chi connectivity index (χ0) is 9.40. The monoisotopic (exact) mass is 173 g/mol. The lowest BCUT2D eigenvalue weighted by Gasteiger charge is -2.08. The van der Waals surface area contributed by atoms with Crippen LogP contribution in [0.5, 0.6) is 0 Å². The number of rotatable bonds is 6. The van der Waals surface area contributed by atoms with E-state index in [1.54, 1.807) is 7.05 Å². The number of amides is 1. The number of unbranched alkanes of at least 4 members (excludes halogenated alkanes) is 1. The zero-order valence-electron chi connectivity index (χ0n) is 7.89. The highest BCUT2D eigenvalue weighted by Crippen LogP contribution is 1.97. The fourth-order valence-electron chi connectivity index (χ4n) is 0.983. The fourth-order valence-corrected chi connectivity index (χ4v) is 0.983. The largest absolute Gasteiger partial charge is 0.358 e. The second kappa shape index (κ2) is 7.06. The molecular formula is C8H19N3O. The molecule has 72 valence electrons. The molecule has 0 aromatic heterocycles. The van der Waals surface area contributed by atoms with Gasteiger partial charge in [-0.05, 0) is 26.4 Å². The zero-order valence-corrected chi connectivity index (χ0v) is 7.89. The summed E-state index contributed by atoms with van der Waals surface area (Å²) in [5.74, 6) is -0.0699. The maximum Gasteiger partial charge on any atom is 0.236 e. The van der Waals surface area contributed by atoms with Crippen LogP contribution in [0.2, 0.25) is 0 Å². The van der Waals surface area contributed by atoms with Gasteiger partial charge < -0.3 is 16.4 Å². The normalized spacial score (nSPS) is 12.6. The van der Waals surface area contributed by atoms with Gasteiger partial charge in [-0.1, -0.05) is 6.42 Å². The smallest absolute Gasteiger partial charge is 0.236 e. The van der Waals surface area contributed by atoms with E-state index in [-0.39, 0.29) is 11.9 Å². The van der Waals surface area contributed by atoms with E-state index < -0.39 is 0 Å². The maximum absolute atomic E-state index is 10.9. The summed E-state index contributed by atoms with van der Waals surface area (Å²) in [6, 6.07) is -0.341. The average molecular weight is 173 g/mol. The van der Waals surface area contributed by atoms with E-state index in [0.29, 0.717) is 0 Å². The van der Waals surface area contributed by atoms with Crippen LogP contribution >= 0.6 is 0 Å². The van der Waals surface area contributed by atoms with E-state index in [0.717, 1.165) is 25.8 Å². The fraction of sp³-hybridized carbons (Fsp3) is 0.875. The molecule has 0 fully saturated rings. The lowest BCUT2D eigenvalue weighted by Crippen LogP contribution is -2.38. The van der Waals surface area contributed by atoms with Crippen LogP contribution in [0.15, 0.2) is 0 Å². The first-order chi connectivity index (χ1) is 5.72. The molecule has 0 saturated carbocycles. The molecule has 0 heterocycles. The Hall–Kier alpha value is -0.610. The van der Waals surface area contributed by atoms with E-state index in [1.165, 1.54) is 0 Å². The van der Waals surface area contributed by atoms with E-state index in [1.807, 2.05) is 7.05 Å². The lowest BCUT2D eigenvalue weighted by molar-refractivity contribution is -0.122.